The highest BCUT2D eigenvalue weighted by molar-refractivity contribution is 5.85. The lowest BCUT2D eigenvalue weighted by Gasteiger charge is -2.04. The molecule has 1 aromatic rings. The highest BCUT2D eigenvalue weighted by Crippen LogP contribution is 2.03. The van der Waals surface area contributed by atoms with Gasteiger partial charge in [-0.3, -0.25) is 4.68 Å². The van der Waals surface area contributed by atoms with Crippen LogP contribution in [0.4, 0.5) is 4.39 Å². The topological polar surface area (TPSA) is 55.1 Å². The molecule has 0 saturated carbocycles. The van der Waals surface area contributed by atoms with Gasteiger partial charge in [0.05, 0.1) is 6.17 Å². The van der Waals surface area contributed by atoms with Gasteiger partial charge in [-0.1, -0.05) is 0 Å². The Kier molecular flexibility index (Phi) is 3.00. The van der Waals surface area contributed by atoms with Gasteiger partial charge in [0.2, 0.25) is 0 Å². The molecule has 1 atom stereocenters. The highest BCUT2D eigenvalue weighted by Gasteiger charge is 2.10. The van der Waals surface area contributed by atoms with E-state index >= 15 is 0 Å². The second kappa shape index (κ2) is 4.02. The van der Waals surface area contributed by atoms with Gasteiger partial charge in [-0.25, -0.2) is 9.18 Å². The number of carbonyl (C=O) groups is 1. The van der Waals surface area contributed by atoms with Gasteiger partial charge in [-0.05, 0) is 19.4 Å². The van der Waals surface area contributed by atoms with Crippen LogP contribution in [-0.4, -0.2) is 27.0 Å². The molecule has 1 rings (SSSR count). The molecule has 0 bridgehead atoms. The van der Waals surface area contributed by atoms with Gasteiger partial charge in [-0.2, -0.15) is 5.10 Å². The van der Waals surface area contributed by atoms with E-state index in [2.05, 4.69) is 5.10 Å². The van der Waals surface area contributed by atoms with Gasteiger partial charge >= 0.3 is 5.97 Å². The van der Waals surface area contributed by atoms with Crippen LogP contribution < -0.4 is 0 Å². The Morgan fingerprint density at radius 3 is 3.08 bits per heavy atom. The molecule has 4 nitrogen and oxygen atoms in total. The molecule has 13 heavy (non-hydrogen) atoms. The fraction of sp³-hybridized carbons (Fsp3) is 0.500. The lowest BCUT2D eigenvalue weighted by molar-refractivity contribution is 0.0682. The third kappa shape index (κ3) is 2.54. The maximum absolute atomic E-state index is 12.4. The first-order chi connectivity index (χ1) is 6.11. The molecule has 5 heteroatoms. The van der Waals surface area contributed by atoms with E-state index in [1.807, 2.05) is 0 Å². The van der Waals surface area contributed by atoms with E-state index in [0.29, 0.717) is 6.54 Å². The Bertz CT molecular complexity index is 296. The third-order valence-corrected chi connectivity index (χ3v) is 1.67. The van der Waals surface area contributed by atoms with Crippen molar-refractivity contribution < 1.29 is 14.3 Å². The fourth-order valence-corrected chi connectivity index (χ4v) is 0.993. The number of aromatic nitrogens is 2. The van der Waals surface area contributed by atoms with Crippen molar-refractivity contribution in [3.63, 3.8) is 0 Å². The molecule has 0 aliphatic heterocycles. The summed E-state index contributed by atoms with van der Waals surface area (Å²) in [5.74, 6) is -1.04. The second-order valence-corrected chi connectivity index (χ2v) is 2.81. The van der Waals surface area contributed by atoms with Crippen LogP contribution >= 0.6 is 0 Å². The van der Waals surface area contributed by atoms with Crippen LogP contribution in [0.15, 0.2) is 12.3 Å². The van der Waals surface area contributed by atoms with E-state index in [0.717, 1.165) is 0 Å². The van der Waals surface area contributed by atoms with Gasteiger partial charge in [0.25, 0.3) is 0 Å². The molecular formula is C8H11FN2O2. The van der Waals surface area contributed by atoms with Crippen molar-refractivity contribution in [2.45, 2.75) is 26.1 Å². The number of hydrogen-bond acceptors (Lipinski definition) is 2. The maximum atomic E-state index is 12.4. The van der Waals surface area contributed by atoms with Crippen molar-refractivity contribution in [3.05, 3.63) is 18.0 Å². The molecule has 1 unspecified atom stereocenters. The van der Waals surface area contributed by atoms with Crippen LogP contribution in [0.25, 0.3) is 0 Å². The molecule has 0 aliphatic carbocycles. The van der Waals surface area contributed by atoms with Gasteiger partial charge in [0.15, 0.2) is 0 Å². The number of aromatic carboxylic acids is 1. The number of aryl methyl sites for hydroxylation is 1. The summed E-state index contributed by atoms with van der Waals surface area (Å²) in [6.45, 7) is 1.73. The van der Waals surface area contributed by atoms with Gasteiger partial charge in [-0.15, -0.1) is 0 Å². The molecular weight excluding hydrogens is 175 g/mol. The quantitative estimate of drug-likeness (QED) is 0.771. The predicted molar refractivity (Wildman–Crippen MR) is 44.4 cm³/mol. The van der Waals surface area contributed by atoms with Gasteiger partial charge in [0.1, 0.15) is 5.69 Å². The minimum Gasteiger partial charge on any atom is -0.477 e. The number of carboxylic acid groups (broad SMARTS) is 1. The van der Waals surface area contributed by atoms with Crippen molar-refractivity contribution in [2.75, 3.05) is 0 Å². The summed E-state index contributed by atoms with van der Waals surface area (Å²) in [4.78, 5) is 10.6. The zero-order chi connectivity index (χ0) is 9.84. The Balaban J connectivity index is 2.65. The summed E-state index contributed by atoms with van der Waals surface area (Å²) in [5, 5.41) is 12.4. The zero-order valence-corrected chi connectivity index (χ0v) is 7.27. The molecule has 1 N–H and O–H groups in total. The van der Waals surface area contributed by atoms with E-state index in [1.165, 1.54) is 23.9 Å². The number of alkyl halides is 1. The first-order valence-electron chi connectivity index (χ1n) is 4.00. The van der Waals surface area contributed by atoms with Crippen molar-refractivity contribution in [3.8, 4) is 0 Å². The molecule has 0 aliphatic rings. The average Bonchev–Trinajstić information content (AvgIpc) is 2.47. The fourth-order valence-electron chi connectivity index (χ4n) is 0.993. The van der Waals surface area contributed by atoms with Crippen molar-refractivity contribution >= 4 is 5.97 Å². The Morgan fingerprint density at radius 1 is 1.85 bits per heavy atom. The summed E-state index contributed by atoms with van der Waals surface area (Å²) in [6.07, 6.45) is 0.736. The van der Waals surface area contributed by atoms with E-state index in [4.69, 9.17) is 5.11 Å². The summed E-state index contributed by atoms with van der Waals surface area (Å²) in [7, 11) is 0. The van der Waals surface area contributed by atoms with Crippen LogP contribution in [0.1, 0.15) is 23.8 Å². The number of halogens is 1. The molecule has 0 spiro atoms. The molecule has 1 aromatic heterocycles. The monoisotopic (exact) mass is 186 g/mol. The van der Waals surface area contributed by atoms with E-state index < -0.39 is 12.1 Å². The highest BCUT2D eigenvalue weighted by atomic mass is 19.1. The Labute approximate surface area is 75.0 Å². The Hall–Kier alpha value is -1.39. The summed E-state index contributed by atoms with van der Waals surface area (Å²) in [5.41, 5.74) is 0.0978. The first-order valence-corrected chi connectivity index (χ1v) is 4.00. The molecule has 0 saturated heterocycles. The maximum Gasteiger partial charge on any atom is 0.354 e. The molecule has 0 radical (unpaired) electrons. The van der Waals surface area contributed by atoms with Crippen LogP contribution in [0, 0.1) is 0 Å². The van der Waals surface area contributed by atoms with E-state index in [-0.39, 0.29) is 12.1 Å². The van der Waals surface area contributed by atoms with E-state index in [9.17, 15) is 9.18 Å². The number of nitrogens with zero attached hydrogens (tertiary/aromatic N) is 2. The predicted octanol–water partition coefficient (Wildman–Crippen LogP) is 1.33. The summed E-state index contributed by atoms with van der Waals surface area (Å²) < 4.78 is 13.7. The summed E-state index contributed by atoms with van der Waals surface area (Å²) >= 11 is 0. The second-order valence-electron chi connectivity index (χ2n) is 2.81. The zero-order valence-electron chi connectivity index (χ0n) is 7.27. The molecule has 0 aromatic carbocycles. The minimum absolute atomic E-state index is 0.0978. The molecule has 72 valence electrons. The SMILES string of the molecule is CC(F)CCn1nccc1C(=O)O. The lowest BCUT2D eigenvalue weighted by atomic mass is 10.3. The van der Waals surface area contributed by atoms with Crippen molar-refractivity contribution in [1.82, 2.24) is 9.78 Å². The minimum atomic E-state index is -1.04. The molecule has 0 fully saturated rings. The number of carboxylic acids is 1. The van der Waals surface area contributed by atoms with Crippen LogP contribution in [0.3, 0.4) is 0 Å². The molecule has 0 amide bonds. The first kappa shape index (κ1) is 9.70. The van der Waals surface area contributed by atoms with Crippen LogP contribution in [-0.2, 0) is 6.54 Å². The normalized spacial score (nSPS) is 12.8. The lowest BCUT2D eigenvalue weighted by Crippen LogP contribution is -2.12. The molecule has 1 heterocycles. The third-order valence-electron chi connectivity index (χ3n) is 1.67. The number of rotatable bonds is 4. The van der Waals surface area contributed by atoms with Crippen LogP contribution in [0.5, 0.6) is 0 Å². The van der Waals surface area contributed by atoms with Gasteiger partial charge in [0, 0.05) is 12.7 Å². The van der Waals surface area contributed by atoms with Crippen LogP contribution in [0.2, 0.25) is 0 Å². The number of hydrogen-bond donors (Lipinski definition) is 1. The largest absolute Gasteiger partial charge is 0.477 e. The average molecular weight is 186 g/mol. The Morgan fingerprint density at radius 2 is 2.54 bits per heavy atom. The smallest absolute Gasteiger partial charge is 0.354 e. The summed E-state index contributed by atoms with van der Waals surface area (Å²) in [6, 6.07) is 1.39. The van der Waals surface area contributed by atoms with Crippen molar-refractivity contribution in [2.24, 2.45) is 0 Å². The standard InChI is InChI=1S/C8H11FN2O2/c1-6(9)3-5-11-7(8(12)13)2-4-10-11/h2,4,6H,3,5H2,1H3,(H,12,13). The van der Waals surface area contributed by atoms with Gasteiger partial charge < -0.3 is 5.11 Å². The van der Waals surface area contributed by atoms with E-state index in [1.54, 1.807) is 0 Å². The van der Waals surface area contributed by atoms with Crippen molar-refractivity contribution in [1.29, 1.82) is 0 Å².